The van der Waals surface area contributed by atoms with Gasteiger partial charge in [0.05, 0.1) is 13.2 Å². The quantitative estimate of drug-likeness (QED) is 0.790. The Labute approximate surface area is 98.8 Å². The van der Waals surface area contributed by atoms with Crippen LogP contribution < -0.4 is 0 Å². The molecule has 0 bridgehead atoms. The lowest BCUT2D eigenvalue weighted by Crippen LogP contribution is -2.35. The Kier molecular flexibility index (Phi) is 4.22. The van der Waals surface area contributed by atoms with E-state index in [4.69, 9.17) is 9.84 Å². The van der Waals surface area contributed by atoms with Gasteiger partial charge < -0.3 is 14.7 Å². The minimum atomic E-state index is 0.287. The SMILES string of the molecule is COC[C@H]1CN(CCO)CC12CCCCC2. The zero-order valence-electron chi connectivity index (χ0n) is 10.5. The molecule has 16 heavy (non-hydrogen) atoms. The highest BCUT2D eigenvalue weighted by Crippen LogP contribution is 2.47. The topological polar surface area (TPSA) is 32.7 Å². The maximum atomic E-state index is 9.06. The Morgan fingerprint density at radius 2 is 2.06 bits per heavy atom. The molecule has 3 heteroatoms. The summed E-state index contributed by atoms with van der Waals surface area (Å²) < 4.78 is 5.39. The van der Waals surface area contributed by atoms with Crippen LogP contribution >= 0.6 is 0 Å². The molecule has 0 radical (unpaired) electrons. The van der Waals surface area contributed by atoms with Crippen molar-refractivity contribution in [3.63, 3.8) is 0 Å². The van der Waals surface area contributed by atoms with Crippen LogP contribution in [0.15, 0.2) is 0 Å². The lowest BCUT2D eigenvalue weighted by Gasteiger charge is -2.38. The molecule has 0 aromatic carbocycles. The number of aliphatic hydroxyl groups excluding tert-OH is 1. The van der Waals surface area contributed by atoms with Gasteiger partial charge in [-0.1, -0.05) is 19.3 Å². The summed E-state index contributed by atoms with van der Waals surface area (Å²) in [6, 6.07) is 0. The molecule has 94 valence electrons. The van der Waals surface area contributed by atoms with Crippen LogP contribution in [0.4, 0.5) is 0 Å². The summed E-state index contributed by atoms with van der Waals surface area (Å²) in [5.41, 5.74) is 0.503. The van der Waals surface area contributed by atoms with Gasteiger partial charge in [-0.2, -0.15) is 0 Å². The predicted octanol–water partition coefficient (Wildman–Crippen LogP) is 1.51. The van der Waals surface area contributed by atoms with Gasteiger partial charge in [-0.3, -0.25) is 0 Å². The van der Waals surface area contributed by atoms with E-state index in [1.54, 1.807) is 0 Å². The predicted molar refractivity (Wildman–Crippen MR) is 64.4 cm³/mol. The fourth-order valence-electron chi connectivity index (χ4n) is 3.71. The summed E-state index contributed by atoms with van der Waals surface area (Å²) in [7, 11) is 1.81. The van der Waals surface area contributed by atoms with Crippen LogP contribution in [0.3, 0.4) is 0 Å². The zero-order chi connectivity index (χ0) is 11.4. The number of rotatable bonds is 4. The van der Waals surface area contributed by atoms with Crippen LogP contribution in [0.2, 0.25) is 0 Å². The van der Waals surface area contributed by atoms with Gasteiger partial charge in [0.25, 0.3) is 0 Å². The summed E-state index contributed by atoms with van der Waals surface area (Å²) in [5, 5.41) is 9.06. The third kappa shape index (κ3) is 2.41. The van der Waals surface area contributed by atoms with Gasteiger partial charge in [0.2, 0.25) is 0 Å². The molecular formula is C13H25NO2. The largest absolute Gasteiger partial charge is 0.395 e. The van der Waals surface area contributed by atoms with Crippen molar-refractivity contribution < 1.29 is 9.84 Å². The van der Waals surface area contributed by atoms with Crippen molar-refractivity contribution in [3.05, 3.63) is 0 Å². The summed E-state index contributed by atoms with van der Waals surface area (Å²) in [6.07, 6.45) is 6.90. The van der Waals surface area contributed by atoms with E-state index in [9.17, 15) is 0 Å². The van der Waals surface area contributed by atoms with Crippen LogP contribution in [0.5, 0.6) is 0 Å². The van der Waals surface area contributed by atoms with Crippen LogP contribution in [-0.2, 0) is 4.74 Å². The third-order valence-corrected chi connectivity index (χ3v) is 4.52. The van der Waals surface area contributed by atoms with Gasteiger partial charge in [0, 0.05) is 32.7 Å². The van der Waals surface area contributed by atoms with Crippen LogP contribution in [0.25, 0.3) is 0 Å². The Bertz CT molecular complexity index is 214. The van der Waals surface area contributed by atoms with E-state index in [1.165, 1.54) is 38.6 Å². The average molecular weight is 227 g/mol. The smallest absolute Gasteiger partial charge is 0.0558 e. The standard InChI is InChI=1S/C13H25NO2/c1-16-10-12-9-14(7-8-15)11-13(12)5-3-2-4-6-13/h12,15H,2-11H2,1H3/t12-/m1/s1. The molecule has 0 unspecified atom stereocenters. The number of methoxy groups -OCH3 is 1. The molecule has 1 N–H and O–H groups in total. The highest BCUT2D eigenvalue weighted by atomic mass is 16.5. The average Bonchev–Trinajstić information content (AvgIpc) is 2.59. The second kappa shape index (κ2) is 5.48. The van der Waals surface area contributed by atoms with E-state index in [2.05, 4.69) is 4.90 Å². The van der Waals surface area contributed by atoms with Crippen LogP contribution in [0, 0.1) is 11.3 Å². The van der Waals surface area contributed by atoms with E-state index in [0.29, 0.717) is 11.3 Å². The van der Waals surface area contributed by atoms with Crippen molar-refractivity contribution in [2.75, 3.05) is 40.0 Å². The first kappa shape index (κ1) is 12.3. The number of ether oxygens (including phenoxy) is 1. The Balaban J connectivity index is 2.01. The number of likely N-dealkylation sites (tertiary alicyclic amines) is 1. The number of nitrogens with zero attached hydrogens (tertiary/aromatic N) is 1. The van der Waals surface area contributed by atoms with Crippen molar-refractivity contribution in [1.29, 1.82) is 0 Å². The van der Waals surface area contributed by atoms with Crippen molar-refractivity contribution >= 4 is 0 Å². The molecule has 0 amide bonds. The third-order valence-electron chi connectivity index (χ3n) is 4.52. The fraction of sp³-hybridized carbons (Fsp3) is 1.00. The highest BCUT2D eigenvalue weighted by Gasteiger charge is 2.46. The second-order valence-corrected chi connectivity index (χ2v) is 5.53. The van der Waals surface area contributed by atoms with Crippen molar-refractivity contribution in [3.8, 4) is 0 Å². The first-order chi connectivity index (χ1) is 7.80. The number of hydrogen-bond donors (Lipinski definition) is 1. The molecule has 0 aromatic rings. The Hall–Kier alpha value is -0.120. The van der Waals surface area contributed by atoms with Gasteiger partial charge in [0.15, 0.2) is 0 Å². The minimum absolute atomic E-state index is 0.287. The van der Waals surface area contributed by atoms with E-state index in [1.807, 2.05) is 7.11 Å². The molecule has 0 aromatic heterocycles. The number of aliphatic hydroxyl groups is 1. The first-order valence-corrected chi connectivity index (χ1v) is 6.63. The van der Waals surface area contributed by atoms with E-state index >= 15 is 0 Å². The monoisotopic (exact) mass is 227 g/mol. The van der Waals surface area contributed by atoms with Crippen LogP contribution in [0.1, 0.15) is 32.1 Å². The molecule has 3 nitrogen and oxygen atoms in total. The van der Waals surface area contributed by atoms with Gasteiger partial charge in [-0.15, -0.1) is 0 Å². The summed E-state index contributed by atoms with van der Waals surface area (Å²) >= 11 is 0. The molecule has 1 aliphatic heterocycles. The molecule has 1 saturated carbocycles. The van der Waals surface area contributed by atoms with Gasteiger partial charge in [-0.25, -0.2) is 0 Å². The van der Waals surface area contributed by atoms with Gasteiger partial charge >= 0.3 is 0 Å². The highest BCUT2D eigenvalue weighted by molar-refractivity contribution is 4.97. The molecule has 1 saturated heterocycles. The molecule has 1 spiro atoms. The zero-order valence-corrected chi connectivity index (χ0v) is 10.5. The van der Waals surface area contributed by atoms with E-state index in [0.717, 1.165) is 19.7 Å². The Morgan fingerprint density at radius 3 is 2.69 bits per heavy atom. The normalized spacial score (nSPS) is 30.0. The molecule has 1 heterocycles. The summed E-state index contributed by atoms with van der Waals surface area (Å²) in [6.45, 7) is 4.32. The Morgan fingerprint density at radius 1 is 1.31 bits per heavy atom. The molecule has 1 aliphatic carbocycles. The maximum Gasteiger partial charge on any atom is 0.0558 e. The summed E-state index contributed by atoms with van der Waals surface area (Å²) in [4.78, 5) is 2.43. The lowest BCUT2D eigenvalue weighted by atomic mass is 9.68. The molecule has 2 rings (SSSR count). The minimum Gasteiger partial charge on any atom is -0.395 e. The van der Waals surface area contributed by atoms with Gasteiger partial charge in [0.1, 0.15) is 0 Å². The lowest BCUT2D eigenvalue weighted by molar-refractivity contribution is 0.0665. The molecule has 2 aliphatic rings. The van der Waals surface area contributed by atoms with Gasteiger partial charge in [-0.05, 0) is 18.3 Å². The second-order valence-electron chi connectivity index (χ2n) is 5.53. The van der Waals surface area contributed by atoms with Crippen molar-refractivity contribution in [2.24, 2.45) is 11.3 Å². The fourth-order valence-corrected chi connectivity index (χ4v) is 3.71. The number of hydrogen-bond acceptors (Lipinski definition) is 3. The van der Waals surface area contributed by atoms with E-state index in [-0.39, 0.29) is 6.61 Å². The van der Waals surface area contributed by atoms with Crippen molar-refractivity contribution in [1.82, 2.24) is 4.90 Å². The molecule has 1 atom stereocenters. The number of β-amino-alcohol motifs (C(OH)–C–C–N with tert-alkyl or cyclic N) is 1. The molecular weight excluding hydrogens is 202 g/mol. The maximum absolute atomic E-state index is 9.06. The van der Waals surface area contributed by atoms with E-state index < -0.39 is 0 Å². The van der Waals surface area contributed by atoms with Crippen molar-refractivity contribution in [2.45, 2.75) is 32.1 Å². The first-order valence-electron chi connectivity index (χ1n) is 6.63. The molecule has 2 fully saturated rings. The summed E-state index contributed by atoms with van der Waals surface area (Å²) in [5.74, 6) is 0.685. The van der Waals surface area contributed by atoms with Crippen LogP contribution in [-0.4, -0.2) is 50.0 Å².